The molecule has 3 nitrogen and oxygen atoms in total. The van der Waals surface area contributed by atoms with Crippen LogP contribution in [0, 0.1) is 0 Å². The number of hydrogen-bond donors (Lipinski definition) is 1. The summed E-state index contributed by atoms with van der Waals surface area (Å²) in [6, 6.07) is 10.8. The van der Waals surface area contributed by atoms with Crippen molar-refractivity contribution in [1.82, 2.24) is 4.90 Å². The van der Waals surface area contributed by atoms with Gasteiger partial charge >= 0.3 is 0 Å². The van der Waals surface area contributed by atoms with Crippen LogP contribution in [0.5, 0.6) is 0 Å². The molecule has 0 unspecified atom stereocenters. The highest BCUT2D eigenvalue weighted by atomic mass is 16.4. The predicted molar refractivity (Wildman–Crippen MR) is 72.0 cm³/mol. The Bertz CT molecular complexity index is 427. The topological polar surface area (TPSA) is 35.8 Å². The minimum Gasteiger partial charge on any atom is -0.411 e. The van der Waals surface area contributed by atoms with Crippen LogP contribution in [0.3, 0.4) is 0 Å². The molecule has 0 aromatic heterocycles. The Hall–Kier alpha value is -1.35. The van der Waals surface area contributed by atoms with Crippen LogP contribution in [0.25, 0.3) is 0 Å². The minimum atomic E-state index is 0.188. The average molecular weight is 244 g/mol. The Balaban J connectivity index is 1.90. The Kier molecular flexibility index (Phi) is 3.08. The summed E-state index contributed by atoms with van der Waals surface area (Å²) in [6.45, 7) is 2.42. The largest absolute Gasteiger partial charge is 0.411 e. The lowest BCUT2D eigenvalue weighted by Crippen LogP contribution is -2.54. The van der Waals surface area contributed by atoms with Gasteiger partial charge in [0.1, 0.15) is 0 Å². The molecular weight excluding hydrogens is 224 g/mol. The molecule has 1 saturated carbocycles. The maximum atomic E-state index is 8.92. The van der Waals surface area contributed by atoms with Gasteiger partial charge in [-0.15, -0.1) is 0 Å². The van der Waals surface area contributed by atoms with E-state index < -0.39 is 0 Å². The minimum absolute atomic E-state index is 0.188. The Morgan fingerprint density at radius 2 is 1.72 bits per heavy atom. The highest BCUT2D eigenvalue weighted by Gasteiger charge is 2.42. The number of benzene rings is 1. The number of hydrogen-bond acceptors (Lipinski definition) is 3. The third-order valence-corrected chi connectivity index (χ3v) is 4.57. The highest BCUT2D eigenvalue weighted by molar-refractivity contribution is 5.85. The normalized spacial score (nSPS) is 28.8. The van der Waals surface area contributed by atoms with Gasteiger partial charge in [0, 0.05) is 18.6 Å². The van der Waals surface area contributed by atoms with Gasteiger partial charge in [0.25, 0.3) is 0 Å². The van der Waals surface area contributed by atoms with Gasteiger partial charge in [-0.1, -0.05) is 35.5 Å². The zero-order valence-corrected chi connectivity index (χ0v) is 10.7. The fraction of sp³-hybridized carbons (Fsp3) is 0.533. The first-order chi connectivity index (χ1) is 8.85. The molecule has 0 atom stereocenters. The zero-order valence-electron chi connectivity index (χ0n) is 10.7. The Morgan fingerprint density at radius 1 is 1.06 bits per heavy atom. The molecule has 1 N–H and O–H groups in total. The van der Waals surface area contributed by atoms with Crippen LogP contribution in [0.2, 0.25) is 0 Å². The summed E-state index contributed by atoms with van der Waals surface area (Å²) in [4.78, 5) is 2.61. The number of rotatable bonds is 2. The van der Waals surface area contributed by atoms with Gasteiger partial charge in [0.15, 0.2) is 0 Å². The second kappa shape index (κ2) is 4.73. The molecule has 0 bridgehead atoms. The smallest absolute Gasteiger partial charge is 0.0572 e. The molecule has 1 aliphatic carbocycles. The van der Waals surface area contributed by atoms with Crippen molar-refractivity contribution in [3.05, 3.63) is 35.9 Å². The Labute approximate surface area is 108 Å². The van der Waals surface area contributed by atoms with Crippen molar-refractivity contribution in [1.29, 1.82) is 0 Å². The van der Waals surface area contributed by atoms with Gasteiger partial charge in [-0.25, -0.2) is 0 Å². The van der Waals surface area contributed by atoms with Crippen LogP contribution in [0.15, 0.2) is 35.5 Å². The van der Waals surface area contributed by atoms with Crippen molar-refractivity contribution in [2.75, 3.05) is 13.1 Å². The molecule has 0 amide bonds. The van der Waals surface area contributed by atoms with Crippen molar-refractivity contribution >= 4 is 5.71 Å². The molecule has 1 heterocycles. The predicted octanol–water partition coefficient (Wildman–Crippen LogP) is 2.99. The zero-order chi connectivity index (χ0) is 12.4. The van der Waals surface area contributed by atoms with Crippen LogP contribution in [-0.4, -0.2) is 28.9 Å². The fourth-order valence-electron chi connectivity index (χ4n) is 3.33. The first-order valence-electron chi connectivity index (χ1n) is 6.85. The number of oxime groups is 1. The van der Waals surface area contributed by atoms with E-state index in [-0.39, 0.29) is 5.54 Å². The quantitative estimate of drug-likeness (QED) is 0.641. The SMILES string of the molecule is ON=C1CCC(c2ccccc2)(N2CCC2)CC1. The summed E-state index contributed by atoms with van der Waals surface area (Å²) >= 11 is 0. The average Bonchev–Trinajstić information content (AvgIpc) is 2.38. The van der Waals surface area contributed by atoms with Crippen molar-refractivity contribution in [3.8, 4) is 0 Å². The summed E-state index contributed by atoms with van der Waals surface area (Å²) in [7, 11) is 0. The first kappa shape index (κ1) is 11.7. The second-order valence-corrected chi connectivity index (χ2v) is 5.40. The van der Waals surface area contributed by atoms with Gasteiger partial charge < -0.3 is 5.21 Å². The molecule has 1 aromatic rings. The van der Waals surface area contributed by atoms with Crippen molar-refractivity contribution in [2.45, 2.75) is 37.6 Å². The number of nitrogens with zero attached hydrogens (tertiary/aromatic N) is 2. The third-order valence-electron chi connectivity index (χ3n) is 4.57. The molecule has 1 aliphatic heterocycles. The lowest BCUT2D eigenvalue weighted by molar-refractivity contribution is 0.00940. The molecule has 2 fully saturated rings. The molecule has 2 aliphatic rings. The summed E-state index contributed by atoms with van der Waals surface area (Å²) in [6.07, 6.45) is 5.31. The summed E-state index contributed by atoms with van der Waals surface area (Å²) in [5.74, 6) is 0. The third kappa shape index (κ3) is 1.83. The molecular formula is C15H20N2O. The molecule has 1 saturated heterocycles. The highest BCUT2D eigenvalue weighted by Crippen LogP contribution is 2.43. The van der Waals surface area contributed by atoms with E-state index in [0.717, 1.165) is 31.4 Å². The van der Waals surface area contributed by atoms with Crippen LogP contribution in [0.4, 0.5) is 0 Å². The summed E-state index contributed by atoms with van der Waals surface area (Å²) in [5.41, 5.74) is 2.58. The maximum Gasteiger partial charge on any atom is 0.0572 e. The first-order valence-corrected chi connectivity index (χ1v) is 6.85. The monoisotopic (exact) mass is 244 g/mol. The molecule has 0 radical (unpaired) electrons. The Morgan fingerprint density at radius 3 is 2.22 bits per heavy atom. The molecule has 1 aromatic carbocycles. The van der Waals surface area contributed by atoms with Gasteiger partial charge in [0.2, 0.25) is 0 Å². The van der Waals surface area contributed by atoms with E-state index in [4.69, 9.17) is 5.21 Å². The van der Waals surface area contributed by atoms with Gasteiger partial charge in [-0.05, 0) is 37.7 Å². The van der Waals surface area contributed by atoms with Crippen molar-refractivity contribution < 1.29 is 5.21 Å². The lowest BCUT2D eigenvalue weighted by atomic mass is 9.73. The van der Waals surface area contributed by atoms with Gasteiger partial charge in [-0.2, -0.15) is 0 Å². The van der Waals surface area contributed by atoms with E-state index in [1.807, 2.05) is 0 Å². The van der Waals surface area contributed by atoms with Crippen LogP contribution in [0.1, 0.15) is 37.7 Å². The number of likely N-dealkylation sites (tertiary alicyclic amines) is 1. The van der Waals surface area contributed by atoms with E-state index >= 15 is 0 Å². The fourth-order valence-corrected chi connectivity index (χ4v) is 3.33. The van der Waals surface area contributed by atoms with Gasteiger partial charge in [0.05, 0.1) is 5.71 Å². The van der Waals surface area contributed by atoms with Crippen molar-refractivity contribution in [2.24, 2.45) is 5.16 Å². The van der Waals surface area contributed by atoms with E-state index in [0.29, 0.717) is 0 Å². The summed E-state index contributed by atoms with van der Waals surface area (Å²) < 4.78 is 0. The van der Waals surface area contributed by atoms with Gasteiger partial charge in [-0.3, -0.25) is 4.90 Å². The van der Waals surface area contributed by atoms with Crippen LogP contribution < -0.4 is 0 Å². The maximum absolute atomic E-state index is 8.92. The lowest BCUT2D eigenvalue weighted by Gasteiger charge is -2.51. The van der Waals surface area contributed by atoms with E-state index in [2.05, 4.69) is 40.4 Å². The second-order valence-electron chi connectivity index (χ2n) is 5.40. The van der Waals surface area contributed by atoms with Crippen LogP contribution >= 0.6 is 0 Å². The molecule has 3 heteroatoms. The summed E-state index contributed by atoms with van der Waals surface area (Å²) in [5, 5.41) is 12.3. The van der Waals surface area contributed by atoms with Crippen LogP contribution in [-0.2, 0) is 5.54 Å². The van der Waals surface area contributed by atoms with E-state index in [1.165, 1.54) is 25.1 Å². The standard InChI is InChI=1S/C15H20N2O/c18-16-14-7-9-15(10-8-14,17-11-4-12-17)13-5-2-1-3-6-13/h1-3,5-6,18H,4,7-12H2. The molecule has 0 spiro atoms. The van der Waals surface area contributed by atoms with E-state index in [1.54, 1.807) is 0 Å². The molecule has 3 rings (SSSR count). The van der Waals surface area contributed by atoms with Crippen molar-refractivity contribution in [3.63, 3.8) is 0 Å². The van der Waals surface area contributed by atoms with E-state index in [9.17, 15) is 0 Å². The molecule has 96 valence electrons. The molecule has 18 heavy (non-hydrogen) atoms.